The maximum Gasteiger partial charge on any atom is 0.127 e. The molecule has 0 aliphatic rings. The first-order chi connectivity index (χ1) is 21.4. The van der Waals surface area contributed by atoms with E-state index in [4.69, 9.17) is 0 Å². The Bertz CT molecular complexity index is 1930. The summed E-state index contributed by atoms with van der Waals surface area (Å²) in [4.78, 5) is 0. The van der Waals surface area contributed by atoms with E-state index in [0.717, 1.165) is 16.7 Å². The molecule has 228 valence electrons. The van der Waals surface area contributed by atoms with Gasteiger partial charge in [0.2, 0.25) is 0 Å². The lowest BCUT2D eigenvalue weighted by Crippen LogP contribution is -2.14. The van der Waals surface area contributed by atoms with Crippen molar-refractivity contribution in [2.24, 2.45) is 0 Å². The van der Waals surface area contributed by atoms with E-state index in [1.54, 1.807) is 0 Å². The Balaban J connectivity index is 1.43. The van der Waals surface area contributed by atoms with Crippen molar-refractivity contribution in [2.45, 2.75) is 78.1 Å². The number of hydrogen-bond acceptors (Lipinski definition) is 1. The summed E-state index contributed by atoms with van der Waals surface area (Å²) in [6.45, 7) is 18.2. The van der Waals surface area contributed by atoms with Crippen LogP contribution in [-0.4, -0.2) is 5.11 Å². The Morgan fingerprint density at radius 1 is 0.511 bits per heavy atom. The van der Waals surface area contributed by atoms with Crippen molar-refractivity contribution in [3.8, 4) is 16.9 Å². The normalized spacial score (nSPS) is 13.7. The van der Waals surface area contributed by atoms with Gasteiger partial charge < -0.3 is 5.11 Å². The monoisotopic (exact) mass is 590 g/mol. The van der Waals surface area contributed by atoms with Crippen LogP contribution in [0, 0.1) is 0 Å². The Hall–Kier alpha value is -4.36. The maximum absolute atomic E-state index is 11.6. The molecule has 1 heteroatoms. The van der Waals surface area contributed by atoms with Gasteiger partial charge in [-0.1, -0.05) is 165 Å². The molecule has 0 bridgehead atoms. The second-order valence-electron chi connectivity index (χ2n) is 14.8. The summed E-state index contributed by atoms with van der Waals surface area (Å²) >= 11 is 0. The molecule has 0 aromatic heterocycles. The Morgan fingerprint density at radius 3 is 1.47 bits per heavy atom. The first-order valence-corrected chi connectivity index (χ1v) is 16.3. The number of fused-ring (bicyclic) bond motifs is 2. The van der Waals surface area contributed by atoms with Crippen molar-refractivity contribution in [3.63, 3.8) is 0 Å². The van der Waals surface area contributed by atoms with Gasteiger partial charge in [-0.05, 0) is 71.8 Å². The zero-order valence-electron chi connectivity index (χ0n) is 28.1. The van der Waals surface area contributed by atoms with Gasteiger partial charge in [-0.25, -0.2) is 0 Å². The third-order valence-corrected chi connectivity index (χ3v) is 9.65. The highest BCUT2D eigenvalue weighted by Crippen LogP contribution is 2.45. The molecule has 0 amide bonds. The van der Waals surface area contributed by atoms with E-state index in [1.165, 1.54) is 49.4 Å². The van der Waals surface area contributed by atoms with Crippen LogP contribution in [-0.2, 0) is 10.8 Å². The first-order valence-electron chi connectivity index (χ1n) is 16.3. The average molecular weight is 591 g/mol. The summed E-state index contributed by atoms with van der Waals surface area (Å²) in [5.74, 6) is 0.614. The van der Waals surface area contributed by atoms with E-state index in [9.17, 15) is 5.11 Å². The molecule has 0 aliphatic carbocycles. The van der Waals surface area contributed by atoms with Crippen molar-refractivity contribution >= 4 is 21.5 Å². The number of hydrogen-bond donors (Lipinski definition) is 1. The predicted octanol–water partition coefficient (Wildman–Crippen LogP) is 12.3. The topological polar surface area (TPSA) is 20.2 Å². The Labute approximate surface area is 269 Å². The summed E-state index contributed by atoms with van der Waals surface area (Å²) in [6.07, 6.45) is 0. The van der Waals surface area contributed by atoms with Gasteiger partial charge >= 0.3 is 0 Å². The van der Waals surface area contributed by atoms with Crippen LogP contribution < -0.4 is 0 Å². The van der Waals surface area contributed by atoms with Crippen molar-refractivity contribution in [2.75, 3.05) is 0 Å². The molecule has 45 heavy (non-hydrogen) atoms. The highest BCUT2D eigenvalue weighted by atomic mass is 16.3. The molecule has 0 saturated heterocycles. The molecule has 2 atom stereocenters. The minimum absolute atomic E-state index is 0.0228. The largest absolute Gasteiger partial charge is 0.507 e. The Morgan fingerprint density at radius 2 is 0.978 bits per heavy atom. The molecule has 1 N–H and O–H groups in total. The molecular formula is C44H46O. The standard InChI is InChI=1S/C44H46O/c1-28(38-26-33(43(3,4)5)27-39(42(38)45)32-16-10-9-11-17-32)30-22-24-31(25-23-30)29(2)40-34-18-12-14-20-36(34)41(44(6,7)8)37-21-15-13-19-35(37)40/h9-29,45H,1-8H3. The number of phenolic OH excluding ortho intramolecular Hbond substituents is 1. The first kappa shape index (κ1) is 30.7. The highest BCUT2D eigenvalue weighted by Gasteiger charge is 2.26. The third kappa shape index (κ3) is 5.66. The molecule has 2 unspecified atom stereocenters. The summed E-state index contributed by atoms with van der Waals surface area (Å²) in [5, 5.41) is 17.0. The zero-order chi connectivity index (χ0) is 32.1. The van der Waals surface area contributed by atoms with Gasteiger partial charge in [0.05, 0.1) is 0 Å². The molecule has 0 aliphatic heterocycles. The lowest BCUT2D eigenvalue weighted by Gasteiger charge is -2.28. The molecule has 0 spiro atoms. The van der Waals surface area contributed by atoms with Crippen LogP contribution in [0.15, 0.2) is 115 Å². The van der Waals surface area contributed by atoms with Gasteiger partial charge in [0.25, 0.3) is 0 Å². The number of phenols is 1. The van der Waals surface area contributed by atoms with E-state index in [-0.39, 0.29) is 22.7 Å². The second-order valence-corrected chi connectivity index (χ2v) is 14.8. The molecule has 1 nitrogen and oxygen atoms in total. The smallest absolute Gasteiger partial charge is 0.127 e. The molecule has 0 radical (unpaired) electrons. The minimum Gasteiger partial charge on any atom is -0.507 e. The predicted molar refractivity (Wildman–Crippen MR) is 194 cm³/mol. The quantitative estimate of drug-likeness (QED) is 0.198. The molecule has 0 heterocycles. The van der Waals surface area contributed by atoms with Gasteiger partial charge in [0.1, 0.15) is 5.75 Å². The van der Waals surface area contributed by atoms with Crippen LogP contribution in [0.2, 0.25) is 0 Å². The molecule has 0 saturated carbocycles. The summed E-state index contributed by atoms with van der Waals surface area (Å²) < 4.78 is 0. The van der Waals surface area contributed by atoms with Crippen LogP contribution in [0.5, 0.6) is 5.75 Å². The average Bonchev–Trinajstić information content (AvgIpc) is 3.02. The van der Waals surface area contributed by atoms with E-state index < -0.39 is 0 Å². The fourth-order valence-corrected chi connectivity index (χ4v) is 7.11. The lowest BCUT2D eigenvalue weighted by atomic mass is 9.76. The third-order valence-electron chi connectivity index (χ3n) is 9.65. The van der Waals surface area contributed by atoms with E-state index in [2.05, 4.69) is 152 Å². The fourth-order valence-electron chi connectivity index (χ4n) is 7.11. The summed E-state index contributed by atoms with van der Waals surface area (Å²) in [5.41, 5.74) is 9.41. The minimum atomic E-state index is -0.0426. The molecule has 6 aromatic rings. The number of aromatic hydroxyl groups is 1. The zero-order valence-corrected chi connectivity index (χ0v) is 28.1. The van der Waals surface area contributed by atoms with Crippen molar-refractivity contribution in [1.29, 1.82) is 0 Å². The maximum atomic E-state index is 11.6. The van der Waals surface area contributed by atoms with E-state index >= 15 is 0 Å². The SMILES string of the molecule is CC(c1ccc(C(C)c2c3ccccc3c(C(C)(C)C)c3ccccc23)cc1)c1cc(C(C)(C)C)cc(-c2ccccc2)c1O. The van der Waals surface area contributed by atoms with Gasteiger partial charge in [-0.3, -0.25) is 0 Å². The van der Waals surface area contributed by atoms with Crippen molar-refractivity contribution in [3.05, 3.63) is 149 Å². The second kappa shape index (κ2) is 11.5. The lowest BCUT2D eigenvalue weighted by molar-refractivity contribution is 0.466. The number of rotatable bonds is 5. The van der Waals surface area contributed by atoms with Gasteiger partial charge in [-0.15, -0.1) is 0 Å². The van der Waals surface area contributed by atoms with E-state index in [0.29, 0.717) is 5.75 Å². The highest BCUT2D eigenvalue weighted by molar-refractivity contribution is 6.07. The van der Waals surface area contributed by atoms with Crippen LogP contribution in [0.1, 0.15) is 101 Å². The molecule has 6 rings (SSSR count). The summed E-state index contributed by atoms with van der Waals surface area (Å²) in [6, 6.07) is 41.6. The van der Waals surface area contributed by atoms with Gasteiger partial charge in [-0.2, -0.15) is 0 Å². The van der Waals surface area contributed by atoms with Crippen molar-refractivity contribution < 1.29 is 5.11 Å². The fraction of sp³-hybridized carbons (Fsp3) is 0.273. The van der Waals surface area contributed by atoms with Gasteiger partial charge in [0, 0.05) is 23.0 Å². The Kier molecular flexibility index (Phi) is 7.86. The van der Waals surface area contributed by atoms with Crippen LogP contribution in [0.3, 0.4) is 0 Å². The van der Waals surface area contributed by atoms with E-state index in [1.807, 2.05) is 18.2 Å². The number of benzene rings is 6. The molecular weight excluding hydrogens is 544 g/mol. The van der Waals surface area contributed by atoms with Crippen LogP contribution >= 0.6 is 0 Å². The molecule has 0 fully saturated rings. The van der Waals surface area contributed by atoms with Crippen molar-refractivity contribution in [1.82, 2.24) is 0 Å². The van der Waals surface area contributed by atoms with Gasteiger partial charge in [0.15, 0.2) is 0 Å². The summed E-state index contributed by atoms with van der Waals surface area (Å²) in [7, 11) is 0. The van der Waals surface area contributed by atoms with Crippen LogP contribution in [0.4, 0.5) is 0 Å². The molecule has 6 aromatic carbocycles. The van der Waals surface area contributed by atoms with Crippen LogP contribution in [0.25, 0.3) is 32.7 Å².